The number of hydrogen-bond donors (Lipinski definition) is 2. The average Bonchev–Trinajstić information content (AvgIpc) is 1.89. The Hall–Kier alpha value is -0.120. The van der Waals surface area contributed by atoms with Crippen LogP contribution in [0.25, 0.3) is 0 Å². The normalized spacial score (nSPS) is 13.7. The molecule has 0 saturated heterocycles. The molecule has 0 bridgehead atoms. The summed E-state index contributed by atoms with van der Waals surface area (Å²) in [7, 11) is 1.46. The van der Waals surface area contributed by atoms with Crippen LogP contribution in [-0.4, -0.2) is 30.2 Å². The summed E-state index contributed by atoms with van der Waals surface area (Å²) in [5.74, 6) is 0. The molecule has 0 rings (SSSR count). The highest BCUT2D eigenvalue weighted by molar-refractivity contribution is 4.42. The number of aliphatic hydroxyl groups is 2. The van der Waals surface area contributed by atoms with Crippen molar-refractivity contribution >= 4 is 0 Å². The molecule has 0 aromatic heterocycles. The summed E-state index contributed by atoms with van der Waals surface area (Å²) in [4.78, 5) is 0. The summed E-state index contributed by atoms with van der Waals surface area (Å²) in [6.45, 7) is 0.191. The first-order valence-electron chi connectivity index (χ1n) is 3.13. The van der Waals surface area contributed by atoms with Crippen LogP contribution in [0.2, 0.25) is 0 Å². The van der Waals surface area contributed by atoms with Crippen LogP contribution in [0.1, 0.15) is 19.3 Å². The number of methoxy groups -OCH3 is 1. The van der Waals surface area contributed by atoms with Gasteiger partial charge in [0.2, 0.25) is 0 Å². The average molecular weight is 134 g/mol. The second-order valence-electron chi connectivity index (χ2n) is 1.91. The van der Waals surface area contributed by atoms with Crippen molar-refractivity contribution in [2.75, 3.05) is 13.7 Å². The summed E-state index contributed by atoms with van der Waals surface area (Å²) in [5, 5.41) is 17.1. The van der Waals surface area contributed by atoms with Gasteiger partial charge in [0.05, 0.1) is 0 Å². The van der Waals surface area contributed by atoms with Crippen LogP contribution < -0.4 is 0 Å². The van der Waals surface area contributed by atoms with Crippen LogP contribution in [0.3, 0.4) is 0 Å². The van der Waals surface area contributed by atoms with Gasteiger partial charge >= 0.3 is 0 Å². The zero-order valence-corrected chi connectivity index (χ0v) is 5.71. The molecular weight excluding hydrogens is 120 g/mol. The Kier molecular flexibility index (Phi) is 5.93. The highest BCUT2D eigenvalue weighted by Crippen LogP contribution is 1.99. The van der Waals surface area contributed by atoms with Gasteiger partial charge in [-0.2, -0.15) is 0 Å². The maximum Gasteiger partial charge on any atom is 0.154 e. The van der Waals surface area contributed by atoms with E-state index in [4.69, 9.17) is 10.2 Å². The highest BCUT2D eigenvalue weighted by atomic mass is 16.6. The van der Waals surface area contributed by atoms with Gasteiger partial charge in [0.25, 0.3) is 0 Å². The Morgan fingerprint density at radius 2 is 2.11 bits per heavy atom. The smallest absolute Gasteiger partial charge is 0.154 e. The van der Waals surface area contributed by atoms with Gasteiger partial charge in [-0.15, -0.1) is 0 Å². The summed E-state index contributed by atoms with van der Waals surface area (Å²) >= 11 is 0. The van der Waals surface area contributed by atoms with Gasteiger partial charge in [-0.25, -0.2) is 0 Å². The van der Waals surface area contributed by atoms with Crippen molar-refractivity contribution < 1.29 is 14.9 Å². The number of hydrogen-bond acceptors (Lipinski definition) is 3. The molecule has 0 saturated carbocycles. The van der Waals surface area contributed by atoms with Crippen molar-refractivity contribution in [2.24, 2.45) is 0 Å². The van der Waals surface area contributed by atoms with E-state index in [0.717, 1.165) is 12.8 Å². The third-order valence-electron chi connectivity index (χ3n) is 1.13. The molecule has 9 heavy (non-hydrogen) atoms. The number of aliphatic hydroxyl groups excluding tert-OH is 2. The van der Waals surface area contributed by atoms with Gasteiger partial charge in [0.1, 0.15) is 0 Å². The van der Waals surface area contributed by atoms with Crippen molar-refractivity contribution in [3.8, 4) is 0 Å². The third kappa shape index (κ3) is 5.76. The van der Waals surface area contributed by atoms with E-state index in [1.165, 1.54) is 7.11 Å². The first-order chi connectivity index (χ1) is 4.31. The van der Waals surface area contributed by atoms with E-state index in [1.807, 2.05) is 0 Å². The SMILES string of the molecule is COC(O)CCCCO. The molecule has 1 atom stereocenters. The van der Waals surface area contributed by atoms with Crippen LogP contribution in [0.4, 0.5) is 0 Å². The summed E-state index contributed by atoms with van der Waals surface area (Å²) in [6.07, 6.45) is 1.50. The number of unbranched alkanes of at least 4 members (excludes halogenated alkanes) is 1. The van der Waals surface area contributed by atoms with E-state index in [1.54, 1.807) is 0 Å². The molecule has 0 aliphatic heterocycles. The van der Waals surface area contributed by atoms with Gasteiger partial charge in [0, 0.05) is 13.7 Å². The lowest BCUT2D eigenvalue weighted by Crippen LogP contribution is -2.08. The molecule has 0 aromatic rings. The van der Waals surface area contributed by atoms with Crippen molar-refractivity contribution in [1.29, 1.82) is 0 Å². The summed E-state index contributed by atoms with van der Waals surface area (Å²) in [6, 6.07) is 0. The molecule has 3 nitrogen and oxygen atoms in total. The lowest BCUT2D eigenvalue weighted by atomic mass is 10.2. The Morgan fingerprint density at radius 1 is 1.44 bits per heavy atom. The van der Waals surface area contributed by atoms with Crippen LogP contribution in [-0.2, 0) is 4.74 Å². The molecule has 0 spiro atoms. The molecule has 0 aromatic carbocycles. The molecule has 0 radical (unpaired) electrons. The Balaban J connectivity index is 2.88. The quantitative estimate of drug-likeness (QED) is 0.414. The van der Waals surface area contributed by atoms with Crippen molar-refractivity contribution in [2.45, 2.75) is 25.6 Å². The maximum atomic E-state index is 8.78. The molecule has 0 heterocycles. The Morgan fingerprint density at radius 3 is 2.56 bits per heavy atom. The highest BCUT2D eigenvalue weighted by Gasteiger charge is 1.98. The van der Waals surface area contributed by atoms with E-state index in [-0.39, 0.29) is 6.61 Å². The zero-order chi connectivity index (χ0) is 7.11. The van der Waals surface area contributed by atoms with Crippen LogP contribution in [0.15, 0.2) is 0 Å². The molecule has 1 unspecified atom stereocenters. The molecule has 0 fully saturated rings. The fourth-order valence-corrected chi connectivity index (χ4v) is 0.549. The first kappa shape index (κ1) is 8.88. The van der Waals surface area contributed by atoms with Gasteiger partial charge in [-0.05, 0) is 19.3 Å². The van der Waals surface area contributed by atoms with Crippen LogP contribution in [0, 0.1) is 0 Å². The van der Waals surface area contributed by atoms with E-state index >= 15 is 0 Å². The number of rotatable bonds is 5. The van der Waals surface area contributed by atoms with Gasteiger partial charge in [-0.3, -0.25) is 0 Å². The van der Waals surface area contributed by atoms with Crippen molar-refractivity contribution in [1.82, 2.24) is 0 Å². The Bertz CT molecular complexity index is 56.3. The summed E-state index contributed by atoms with van der Waals surface area (Å²) < 4.78 is 4.57. The largest absolute Gasteiger partial charge is 0.396 e. The molecule has 3 heteroatoms. The predicted octanol–water partition coefficient (Wildman–Crippen LogP) is 0.114. The minimum Gasteiger partial charge on any atom is -0.396 e. The monoisotopic (exact) mass is 134 g/mol. The fourth-order valence-electron chi connectivity index (χ4n) is 0.549. The molecule has 2 N–H and O–H groups in total. The molecule has 56 valence electrons. The van der Waals surface area contributed by atoms with Gasteiger partial charge in [0.15, 0.2) is 6.29 Å². The van der Waals surface area contributed by atoms with Crippen LogP contribution >= 0.6 is 0 Å². The maximum absolute atomic E-state index is 8.78. The third-order valence-corrected chi connectivity index (χ3v) is 1.13. The van der Waals surface area contributed by atoms with E-state index < -0.39 is 6.29 Å². The van der Waals surface area contributed by atoms with Gasteiger partial charge in [-0.1, -0.05) is 0 Å². The molecule has 0 amide bonds. The van der Waals surface area contributed by atoms with E-state index in [9.17, 15) is 0 Å². The Labute approximate surface area is 55.3 Å². The lowest BCUT2D eigenvalue weighted by Gasteiger charge is -2.05. The number of ether oxygens (including phenoxy) is 1. The first-order valence-corrected chi connectivity index (χ1v) is 3.13. The fraction of sp³-hybridized carbons (Fsp3) is 1.00. The summed E-state index contributed by atoms with van der Waals surface area (Å²) in [5.41, 5.74) is 0. The lowest BCUT2D eigenvalue weighted by molar-refractivity contribution is -0.0795. The van der Waals surface area contributed by atoms with Crippen molar-refractivity contribution in [3.05, 3.63) is 0 Å². The van der Waals surface area contributed by atoms with Crippen LogP contribution in [0.5, 0.6) is 0 Å². The van der Waals surface area contributed by atoms with E-state index in [0.29, 0.717) is 6.42 Å². The van der Waals surface area contributed by atoms with Crippen molar-refractivity contribution in [3.63, 3.8) is 0 Å². The zero-order valence-electron chi connectivity index (χ0n) is 5.71. The topological polar surface area (TPSA) is 49.7 Å². The van der Waals surface area contributed by atoms with E-state index in [2.05, 4.69) is 4.74 Å². The second-order valence-corrected chi connectivity index (χ2v) is 1.91. The minimum absolute atomic E-state index is 0.191. The standard InChI is InChI=1S/C6H14O3/c1-9-6(8)4-2-3-5-7/h6-8H,2-5H2,1H3. The minimum atomic E-state index is -0.656. The predicted molar refractivity (Wildman–Crippen MR) is 34.0 cm³/mol. The second kappa shape index (κ2) is 6.01. The van der Waals surface area contributed by atoms with Gasteiger partial charge < -0.3 is 14.9 Å². The molecular formula is C6H14O3. The molecule has 0 aliphatic carbocycles. The molecule has 0 aliphatic rings.